The molecule has 2 aromatic heterocycles. The van der Waals surface area contributed by atoms with Gasteiger partial charge in [-0.25, -0.2) is 4.98 Å². The van der Waals surface area contributed by atoms with Crippen LogP contribution in [-0.2, 0) is 9.59 Å². The summed E-state index contributed by atoms with van der Waals surface area (Å²) in [6.07, 6.45) is 17.1. The molecule has 0 saturated carbocycles. The molecule has 4 nitrogen and oxygen atoms in total. The molecule has 0 radical (unpaired) electrons. The number of carbonyl (C=O) groups is 2. The van der Waals surface area contributed by atoms with Gasteiger partial charge in [0.15, 0.2) is 5.78 Å². The molecule has 3 heterocycles. The Balaban J connectivity index is 1.24. The third-order valence-electron chi connectivity index (χ3n) is 7.73. The van der Waals surface area contributed by atoms with Gasteiger partial charge in [0.2, 0.25) is 5.12 Å². The fraction of sp³-hybridized carbons (Fsp3) is 0.382. The van der Waals surface area contributed by atoms with E-state index in [1.54, 1.807) is 12.3 Å². The number of rotatable bonds is 13. The van der Waals surface area contributed by atoms with E-state index in [-0.39, 0.29) is 16.1 Å². The molecule has 0 aliphatic carbocycles. The van der Waals surface area contributed by atoms with E-state index >= 15 is 0 Å². The second-order valence-corrected chi connectivity index (χ2v) is 11.8. The van der Waals surface area contributed by atoms with E-state index in [1.807, 2.05) is 36.4 Å². The number of carbonyl (C=O) groups excluding carboxylic acids is 2. The molecule has 1 saturated heterocycles. The number of hydrogen-bond donors (Lipinski definition) is 0. The lowest BCUT2D eigenvalue weighted by Gasteiger charge is -2.06. The Morgan fingerprint density at radius 1 is 0.795 bits per heavy atom. The monoisotopic (exact) mass is 538 g/mol. The summed E-state index contributed by atoms with van der Waals surface area (Å²) in [6.45, 7) is 2.25. The SMILES string of the molecule is CCCCCCCCCCCCC1SC(=O)/C(=C/c2ccc3c(c2)c2ccccc2n3-c2ccccn2)C1=O. The maximum absolute atomic E-state index is 13.2. The van der Waals surface area contributed by atoms with Crippen molar-refractivity contribution in [1.82, 2.24) is 9.55 Å². The first-order valence-corrected chi connectivity index (χ1v) is 15.5. The molecule has 1 aliphatic heterocycles. The minimum atomic E-state index is -0.229. The summed E-state index contributed by atoms with van der Waals surface area (Å²) in [5, 5.41) is 1.88. The molecule has 39 heavy (non-hydrogen) atoms. The van der Waals surface area contributed by atoms with Gasteiger partial charge in [-0.1, -0.05) is 113 Å². The number of para-hydroxylation sites is 1. The van der Waals surface area contributed by atoms with E-state index in [2.05, 4.69) is 40.7 Å². The fourth-order valence-electron chi connectivity index (χ4n) is 5.64. The van der Waals surface area contributed by atoms with Gasteiger partial charge in [0.1, 0.15) is 5.82 Å². The number of Topliss-reactive ketones (excluding diaryl/α,β-unsaturated/α-hetero) is 1. The normalized spacial score (nSPS) is 16.7. The second kappa shape index (κ2) is 13.3. The quantitative estimate of drug-likeness (QED) is 0.0968. The van der Waals surface area contributed by atoms with Crippen molar-refractivity contribution >= 4 is 50.5 Å². The van der Waals surface area contributed by atoms with Crippen LogP contribution in [0.1, 0.15) is 83.1 Å². The zero-order valence-corrected chi connectivity index (χ0v) is 23.7. The fourth-order valence-corrected chi connectivity index (χ4v) is 6.70. The van der Waals surface area contributed by atoms with Crippen LogP contribution in [0.15, 0.2) is 72.4 Å². The second-order valence-electron chi connectivity index (χ2n) is 10.6. The predicted octanol–water partition coefficient (Wildman–Crippen LogP) is 9.08. The predicted molar refractivity (Wildman–Crippen MR) is 164 cm³/mol. The summed E-state index contributed by atoms with van der Waals surface area (Å²) in [5.41, 5.74) is 3.35. The van der Waals surface area contributed by atoms with Crippen LogP contribution < -0.4 is 0 Å². The molecule has 0 amide bonds. The molecule has 5 heteroatoms. The number of fused-ring (bicyclic) bond motifs is 3. The lowest BCUT2D eigenvalue weighted by molar-refractivity contribution is -0.116. The Morgan fingerprint density at radius 2 is 1.49 bits per heavy atom. The van der Waals surface area contributed by atoms with Gasteiger partial charge in [0.05, 0.1) is 21.9 Å². The van der Waals surface area contributed by atoms with Gasteiger partial charge in [0, 0.05) is 17.0 Å². The van der Waals surface area contributed by atoms with Crippen LogP contribution in [0.25, 0.3) is 33.7 Å². The molecule has 2 aromatic carbocycles. The lowest BCUT2D eigenvalue weighted by atomic mass is 10.0. The van der Waals surface area contributed by atoms with Gasteiger partial charge < -0.3 is 0 Å². The molecule has 1 atom stereocenters. The molecule has 1 fully saturated rings. The van der Waals surface area contributed by atoms with Gasteiger partial charge in [-0.15, -0.1) is 0 Å². The first-order valence-electron chi connectivity index (χ1n) is 14.6. The molecule has 202 valence electrons. The largest absolute Gasteiger partial charge is 0.294 e. The zero-order chi connectivity index (χ0) is 27.0. The van der Waals surface area contributed by atoms with Crippen molar-refractivity contribution in [2.45, 2.75) is 82.8 Å². The number of thioether (sulfide) groups is 1. The van der Waals surface area contributed by atoms with Crippen molar-refractivity contribution in [1.29, 1.82) is 0 Å². The van der Waals surface area contributed by atoms with E-state index in [9.17, 15) is 9.59 Å². The van der Waals surface area contributed by atoms with Crippen molar-refractivity contribution in [3.8, 4) is 5.82 Å². The topological polar surface area (TPSA) is 52.0 Å². The van der Waals surface area contributed by atoms with E-state index in [1.165, 1.54) is 63.1 Å². The van der Waals surface area contributed by atoms with Crippen LogP contribution in [0.4, 0.5) is 0 Å². The van der Waals surface area contributed by atoms with Crippen LogP contribution in [0.5, 0.6) is 0 Å². The molecular weight excluding hydrogens is 500 g/mol. The van der Waals surface area contributed by atoms with Gasteiger partial charge in [0.25, 0.3) is 0 Å². The average molecular weight is 539 g/mol. The Bertz CT molecular complexity index is 1470. The van der Waals surface area contributed by atoms with Crippen LogP contribution >= 0.6 is 11.8 Å². The first-order chi connectivity index (χ1) is 19.2. The zero-order valence-electron chi connectivity index (χ0n) is 22.9. The van der Waals surface area contributed by atoms with Crippen molar-refractivity contribution in [2.75, 3.05) is 0 Å². The van der Waals surface area contributed by atoms with E-state index in [0.29, 0.717) is 5.57 Å². The Morgan fingerprint density at radius 3 is 2.23 bits per heavy atom. The smallest absolute Gasteiger partial charge is 0.223 e. The van der Waals surface area contributed by atoms with E-state index < -0.39 is 0 Å². The van der Waals surface area contributed by atoms with Crippen molar-refractivity contribution in [3.05, 3.63) is 78.0 Å². The van der Waals surface area contributed by atoms with Crippen LogP contribution in [0.2, 0.25) is 0 Å². The standard InChI is InChI=1S/C34H38N2O2S/c1-2-3-4-5-6-7-8-9-10-11-18-31-33(37)28(34(38)39-31)24-25-20-21-30-27(23-25)26-16-12-13-17-29(26)36(30)32-19-14-15-22-35-32/h12-17,19-24,31H,2-11,18H2,1H3/b28-24+. The number of hydrogen-bond acceptors (Lipinski definition) is 4. The minimum Gasteiger partial charge on any atom is -0.294 e. The molecule has 0 spiro atoms. The number of benzene rings is 2. The summed E-state index contributed by atoms with van der Waals surface area (Å²) in [6, 6.07) is 20.3. The number of nitrogens with zero attached hydrogens (tertiary/aromatic N) is 2. The van der Waals surface area contributed by atoms with Crippen molar-refractivity contribution < 1.29 is 9.59 Å². The summed E-state index contributed by atoms with van der Waals surface area (Å²) in [7, 11) is 0. The third-order valence-corrected chi connectivity index (χ3v) is 8.90. The number of aromatic nitrogens is 2. The molecular formula is C34H38N2O2S. The van der Waals surface area contributed by atoms with Gasteiger partial charge in [-0.05, 0) is 48.4 Å². The summed E-state index contributed by atoms with van der Waals surface area (Å²) >= 11 is 1.22. The maximum Gasteiger partial charge on any atom is 0.223 e. The summed E-state index contributed by atoms with van der Waals surface area (Å²) in [5.74, 6) is 0.860. The number of pyridine rings is 1. The van der Waals surface area contributed by atoms with Gasteiger partial charge in [-0.3, -0.25) is 14.2 Å². The molecule has 1 aliphatic rings. The lowest BCUT2D eigenvalue weighted by Crippen LogP contribution is -2.12. The van der Waals surface area contributed by atoms with Crippen molar-refractivity contribution in [2.24, 2.45) is 0 Å². The molecule has 0 N–H and O–H groups in total. The minimum absolute atomic E-state index is 0.00284. The highest BCUT2D eigenvalue weighted by Gasteiger charge is 2.36. The molecule has 0 bridgehead atoms. The van der Waals surface area contributed by atoms with Gasteiger partial charge >= 0.3 is 0 Å². The van der Waals surface area contributed by atoms with Crippen LogP contribution in [0, 0.1) is 0 Å². The summed E-state index contributed by atoms with van der Waals surface area (Å²) < 4.78 is 2.16. The first kappa shape index (κ1) is 27.4. The van der Waals surface area contributed by atoms with E-state index in [0.717, 1.165) is 52.4 Å². The number of ketones is 1. The van der Waals surface area contributed by atoms with Crippen molar-refractivity contribution in [3.63, 3.8) is 0 Å². The van der Waals surface area contributed by atoms with Gasteiger partial charge in [-0.2, -0.15) is 0 Å². The Kier molecular flexibility index (Phi) is 9.31. The molecule has 4 aromatic rings. The molecule has 5 rings (SSSR count). The third kappa shape index (κ3) is 6.36. The number of unbranched alkanes of at least 4 members (excludes halogenated alkanes) is 9. The Hall–Kier alpha value is -3.18. The average Bonchev–Trinajstić information content (AvgIpc) is 3.43. The summed E-state index contributed by atoms with van der Waals surface area (Å²) in [4.78, 5) is 30.5. The highest BCUT2D eigenvalue weighted by Crippen LogP contribution is 2.36. The molecule has 1 unspecified atom stereocenters. The van der Waals surface area contributed by atoms with Crippen LogP contribution in [-0.4, -0.2) is 25.7 Å². The highest BCUT2D eigenvalue weighted by atomic mass is 32.2. The van der Waals surface area contributed by atoms with E-state index in [4.69, 9.17) is 0 Å². The highest BCUT2D eigenvalue weighted by molar-refractivity contribution is 8.16. The van der Waals surface area contributed by atoms with Crippen LogP contribution in [0.3, 0.4) is 0 Å². The Labute approximate surface area is 235 Å². The maximum atomic E-state index is 13.2.